The molecular weight excluding hydrogens is 369 g/mol. The van der Waals surface area contributed by atoms with Crippen molar-refractivity contribution in [3.63, 3.8) is 0 Å². The SMILES string of the molecule is O=C(Cc1ccc(C(F)(F)F)cc1)NC(CN1CCOCC1)c1ccccc1. The third-order valence-electron chi connectivity index (χ3n) is 4.73. The van der Waals surface area contributed by atoms with Gasteiger partial charge in [-0.1, -0.05) is 42.5 Å². The molecule has 2 aromatic rings. The predicted octanol–water partition coefficient (Wildman–Crippen LogP) is 3.44. The molecule has 28 heavy (non-hydrogen) atoms. The molecule has 1 aliphatic heterocycles. The molecule has 1 atom stereocenters. The summed E-state index contributed by atoms with van der Waals surface area (Å²) in [6.07, 6.45) is -4.35. The summed E-state index contributed by atoms with van der Waals surface area (Å²) in [4.78, 5) is 14.8. The van der Waals surface area contributed by atoms with E-state index < -0.39 is 11.7 Å². The quantitative estimate of drug-likeness (QED) is 0.819. The average Bonchev–Trinajstić information content (AvgIpc) is 2.69. The number of rotatable bonds is 6. The Bertz CT molecular complexity index is 757. The van der Waals surface area contributed by atoms with Crippen LogP contribution in [0.5, 0.6) is 0 Å². The van der Waals surface area contributed by atoms with Crippen molar-refractivity contribution in [3.05, 3.63) is 71.3 Å². The van der Waals surface area contributed by atoms with Crippen LogP contribution in [0.15, 0.2) is 54.6 Å². The summed E-state index contributed by atoms with van der Waals surface area (Å²) in [7, 11) is 0. The van der Waals surface area contributed by atoms with Gasteiger partial charge in [-0.25, -0.2) is 0 Å². The Morgan fingerprint density at radius 1 is 1.04 bits per heavy atom. The van der Waals surface area contributed by atoms with E-state index in [4.69, 9.17) is 4.74 Å². The maximum Gasteiger partial charge on any atom is 0.416 e. The molecule has 3 rings (SSSR count). The van der Waals surface area contributed by atoms with Crippen LogP contribution in [0.4, 0.5) is 13.2 Å². The number of morpholine rings is 1. The molecule has 1 fully saturated rings. The van der Waals surface area contributed by atoms with E-state index in [0.29, 0.717) is 25.3 Å². The molecule has 0 aliphatic carbocycles. The van der Waals surface area contributed by atoms with Gasteiger partial charge >= 0.3 is 6.18 Å². The summed E-state index contributed by atoms with van der Waals surface area (Å²) >= 11 is 0. The van der Waals surface area contributed by atoms with Crippen LogP contribution in [-0.4, -0.2) is 43.7 Å². The second-order valence-corrected chi connectivity index (χ2v) is 6.82. The van der Waals surface area contributed by atoms with Crippen molar-refractivity contribution in [3.8, 4) is 0 Å². The number of alkyl halides is 3. The average molecular weight is 392 g/mol. The molecule has 2 aromatic carbocycles. The van der Waals surface area contributed by atoms with E-state index in [2.05, 4.69) is 10.2 Å². The molecule has 0 radical (unpaired) electrons. The first-order valence-electron chi connectivity index (χ1n) is 9.22. The first-order valence-corrected chi connectivity index (χ1v) is 9.22. The number of ether oxygens (including phenoxy) is 1. The molecule has 0 saturated carbocycles. The van der Waals surface area contributed by atoms with Crippen LogP contribution in [0.3, 0.4) is 0 Å². The minimum atomic E-state index is -4.38. The highest BCUT2D eigenvalue weighted by Crippen LogP contribution is 2.29. The number of carbonyl (C=O) groups excluding carboxylic acids is 1. The van der Waals surface area contributed by atoms with E-state index >= 15 is 0 Å². The molecule has 7 heteroatoms. The zero-order chi connectivity index (χ0) is 20.0. The van der Waals surface area contributed by atoms with Gasteiger partial charge < -0.3 is 10.1 Å². The minimum Gasteiger partial charge on any atom is -0.379 e. The van der Waals surface area contributed by atoms with Gasteiger partial charge in [-0.2, -0.15) is 13.2 Å². The van der Waals surface area contributed by atoms with Gasteiger partial charge in [0.25, 0.3) is 0 Å². The lowest BCUT2D eigenvalue weighted by atomic mass is 10.0. The lowest BCUT2D eigenvalue weighted by Gasteiger charge is -2.31. The number of amides is 1. The molecule has 1 N–H and O–H groups in total. The second kappa shape index (κ2) is 9.21. The topological polar surface area (TPSA) is 41.6 Å². The van der Waals surface area contributed by atoms with Crippen LogP contribution in [-0.2, 0) is 22.1 Å². The number of nitrogens with one attached hydrogen (secondary N) is 1. The number of hydrogen-bond acceptors (Lipinski definition) is 3. The van der Waals surface area contributed by atoms with Gasteiger partial charge in [0.2, 0.25) is 5.91 Å². The Balaban J connectivity index is 1.65. The monoisotopic (exact) mass is 392 g/mol. The predicted molar refractivity (Wildman–Crippen MR) is 99.7 cm³/mol. The van der Waals surface area contributed by atoms with Crippen LogP contribution in [0.1, 0.15) is 22.7 Å². The van der Waals surface area contributed by atoms with Crippen LogP contribution in [0.25, 0.3) is 0 Å². The van der Waals surface area contributed by atoms with Gasteiger partial charge in [0, 0.05) is 19.6 Å². The maximum atomic E-state index is 12.7. The fourth-order valence-electron chi connectivity index (χ4n) is 3.20. The molecule has 1 amide bonds. The van der Waals surface area contributed by atoms with Crippen molar-refractivity contribution in [1.82, 2.24) is 10.2 Å². The molecule has 4 nitrogen and oxygen atoms in total. The number of benzene rings is 2. The Hall–Kier alpha value is -2.38. The summed E-state index contributed by atoms with van der Waals surface area (Å²) in [6, 6.07) is 14.2. The lowest BCUT2D eigenvalue weighted by molar-refractivity contribution is -0.137. The van der Waals surface area contributed by atoms with E-state index in [9.17, 15) is 18.0 Å². The van der Waals surface area contributed by atoms with Gasteiger partial charge in [-0.15, -0.1) is 0 Å². The van der Waals surface area contributed by atoms with Crippen LogP contribution in [0, 0.1) is 0 Å². The highest BCUT2D eigenvalue weighted by atomic mass is 19.4. The third-order valence-corrected chi connectivity index (χ3v) is 4.73. The van der Waals surface area contributed by atoms with Gasteiger partial charge in [0.1, 0.15) is 0 Å². The summed E-state index contributed by atoms with van der Waals surface area (Å²) < 4.78 is 43.4. The largest absolute Gasteiger partial charge is 0.416 e. The number of halogens is 3. The fraction of sp³-hybridized carbons (Fsp3) is 0.381. The normalized spacial score (nSPS) is 16.5. The van der Waals surface area contributed by atoms with E-state index in [1.54, 1.807) is 0 Å². The van der Waals surface area contributed by atoms with Gasteiger partial charge in [0.05, 0.1) is 31.2 Å². The molecule has 150 valence electrons. The number of carbonyl (C=O) groups is 1. The van der Waals surface area contributed by atoms with Gasteiger partial charge in [0.15, 0.2) is 0 Å². The Morgan fingerprint density at radius 3 is 2.29 bits per heavy atom. The van der Waals surface area contributed by atoms with E-state index in [0.717, 1.165) is 30.8 Å². The second-order valence-electron chi connectivity index (χ2n) is 6.82. The summed E-state index contributed by atoms with van der Waals surface area (Å²) in [5.41, 5.74) is 0.824. The molecule has 0 aromatic heterocycles. The number of hydrogen-bond donors (Lipinski definition) is 1. The van der Waals surface area contributed by atoms with Crippen molar-refractivity contribution in [1.29, 1.82) is 0 Å². The first-order chi connectivity index (χ1) is 13.4. The smallest absolute Gasteiger partial charge is 0.379 e. The van der Waals surface area contributed by atoms with Crippen molar-refractivity contribution in [2.24, 2.45) is 0 Å². The summed E-state index contributed by atoms with van der Waals surface area (Å²) in [5.74, 6) is -0.220. The minimum absolute atomic E-state index is 0.0323. The van der Waals surface area contributed by atoms with Crippen molar-refractivity contribution < 1.29 is 22.7 Å². The first kappa shape index (κ1) is 20.4. The molecule has 0 bridgehead atoms. The zero-order valence-corrected chi connectivity index (χ0v) is 15.4. The van der Waals surface area contributed by atoms with E-state index in [1.165, 1.54) is 12.1 Å². The molecular formula is C21H23F3N2O2. The van der Waals surface area contributed by atoms with E-state index in [-0.39, 0.29) is 18.4 Å². The standard InChI is InChI=1S/C21H23F3N2O2/c22-21(23,24)18-8-6-16(7-9-18)14-20(27)25-19(17-4-2-1-3-5-17)15-26-10-12-28-13-11-26/h1-9,19H,10-15H2,(H,25,27). The van der Waals surface area contributed by atoms with Crippen molar-refractivity contribution >= 4 is 5.91 Å². The summed E-state index contributed by atoms with van der Waals surface area (Å²) in [6.45, 7) is 3.60. The summed E-state index contributed by atoms with van der Waals surface area (Å²) in [5, 5.41) is 3.03. The van der Waals surface area contributed by atoms with Crippen molar-refractivity contribution in [2.45, 2.75) is 18.6 Å². The Kier molecular flexibility index (Phi) is 6.70. The Labute approximate surface area is 162 Å². The molecule has 1 saturated heterocycles. The fourth-order valence-corrected chi connectivity index (χ4v) is 3.20. The highest BCUT2D eigenvalue weighted by molar-refractivity contribution is 5.79. The van der Waals surface area contributed by atoms with Crippen LogP contribution >= 0.6 is 0 Å². The van der Waals surface area contributed by atoms with Crippen LogP contribution in [0.2, 0.25) is 0 Å². The van der Waals surface area contributed by atoms with Crippen molar-refractivity contribution in [2.75, 3.05) is 32.8 Å². The number of nitrogens with zero attached hydrogens (tertiary/aromatic N) is 1. The zero-order valence-electron chi connectivity index (χ0n) is 15.4. The molecule has 0 spiro atoms. The highest BCUT2D eigenvalue weighted by Gasteiger charge is 2.30. The van der Waals surface area contributed by atoms with E-state index in [1.807, 2.05) is 30.3 Å². The molecule has 1 unspecified atom stereocenters. The third kappa shape index (κ3) is 5.81. The Morgan fingerprint density at radius 2 is 1.68 bits per heavy atom. The molecule has 1 heterocycles. The van der Waals surface area contributed by atoms with Gasteiger partial charge in [-0.05, 0) is 23.3 Å². The molecule has 1 aliphatic rings. The van der Waals surface area contributed by atoms with Gasteiger partial charge in [-0.3, -0.25) is 9.69 Å². The maximum absolute atomic E-state index is 12.7. The van der Waals surface area contributed by atoms with Crippen LogP contribution < -0.4 is 5.32 Å². The lowest BCUT2D eigenvalue weighted by Crippen LogP contribution is -2.43.